The Morgan fingerprint density at radius 3 is 2.29 bits per heavy atom. The summed E-state index contributed by atoms with van der Waals surface area (Å²) >= 11 is 6.05. The van der Waals surface area contributed by atoms with Crippen molar-refractivity contribution in [2.75, 3.05) is 13.2 Å². The second-order valence-electron chi connectivity index (χ2n) is 6.81. The van der Waals surface area contributed by atoms with Gasteiger partial charge in [0.25, 0.3) is 0 Å². The third-order valence-corrected chi connectivity index (χ3v) is 4.69. The Labute approximate surface area is 186 Å². The number of esters is 2. The van der Waals surface area contributed by atoms with Gasteiger partial charge < -0.3 is 19.9 Å². The van der Waals surface area contributed by atoms with Crippen LogP contribution in [0, 0.1) is 0 Å². The molecule has 7 nitrogen and oxygen atoms in total. The molecule has 0 unspecified atom stereocenters. The molecule has 0 fully saturated rings. The van der Waals surface area contributed by atoms with Crippen molar-refractivity contribution < 1.29 is 29.0 Å². The van der Waals surface area contributed by atoms with Gasteiger partial charge in [-0.05, 0) is 49.1 Å². The number of nitrogens with one attached hydrogen (secondary N) is 1. The SMILES string of the molecule is CCOC(=O)C(=O)N[C@H](Cc1ccc(-c2cccc(Cl)c2)cc1)C[C@@H](O)C(=O)OCC. The fraction of sp³-hybridized carbons (Fsp3) is 0.348. The Morgan fingerprint density at radius 2 is 1.68 bits per heavy atom. The van der Waals surface area contributed by atoms with Crippen LogP contribution in [0.25, 0.3) is 11.1 Å². The highest BCUT2D eigenvalue weighted by molar-refractivity contribution is 6.32. The predicted molar refractivity (Wildman–Crippen MR) is 116 cm³/mol. The van der Waals surface area contributed by atoms with Crippen molar-refractivity contribution in [2.45, 2.75) is 38.8 Å². The second kappa shape index (κ2) is 12.1. The minimum absolute atomic E-state index is 0.0628. The van der Waals surface area contributed by atoms with Crippen molar-refractivity contribution in [3.05, 3.63) is 59.1 Å². The standard InChI is InChI=1S/C23H26ClNO6/c1-3-30-22(28)20(26)14-19(25-21(27)23(29)31-4-2)12-15-8-10-16(11-9-15)17-6-5-7-18(24)13-17/h5-11,13,19-20,26H,3-4,12,14H2,1-2H3,(H,25,27)/t19-,20-/m1/s1. The Morgan fingerprint density at radius 1 is 1.00 bits per heavy atom. The van der Waals surface area contributed by atoms with E-state index in [2.05, 4.69) is 5.32 Å². The van der Waals surface area contributed by atoms with E-state index in [0.29, 0.717) is 5.02 Å². The smallest absolute Gasteiger partial charge is 0.396 e. The van der Waals surface area contributed by atoms with Crippen LogP contribution in [0.1, 0.15) is 25.8 Å². The molecule has 0 aliphatic heterocycles. The van der Waals surface area contributed by atoms with Crippen LogP contribution >= 0.6 is 11.6 Å². The number of hydrogen-bond donors (Lipinski definition) is 2. The largest absolute Gasteiger partial charge is 0.464 e. The van der Waals surface area contributed by atoms with Crippen LogP contribution in [0.3, 0.4) is 0 Å². The van der Waals surface area contributed by atoms with E-state index in [4.69, 9.17) is 21.1 Å². The van der Waals surface area contributed by atoms with Crippen LogP contribution in [0.4, 0.5) is 0 Å². The van der Waals surface area contributed by atoms with Gasteiger partial charge in [0.2, 0.25) is 0 Å². The van der Waals surface area contributed by atoms with Crippen molar-refractivity contribution in [2.24, 2.45) is 0 Å². The number of aliphatic hydroxyl groups is 1. The third-order valence-electron chi connectivity index (χ3n) is 4.46. The molecule has 2 aromatic rings. The Bertz CT molecular complexity index is 899. The molecule has 8 heteroatoms. The van der Waals surface area contributed by atoms with Crippen molar-refractivity contribution >= 4 is 29.4 Å². The monoisotopic (exact) mass is 447 g/mol. The molecule has 0 heterocycles. The lowest BCUT2D eigenvalue weighted by Crippen LogP contribution is -2.44. The first-order valence-electron chi connectivity index (χ1n) is 10.0. The molecule has 2 N–H and O–H groups in total. The number of ether oxygens (including phenoxy) is 2. The van der Waals surface area contributed by atoms with E-state index in [0.717, 1.165) is 16.7 Å². The Kier molecular flexibility index (Phi) is 9.49. The maximum absolute atomic E-state index is 12.1. The molecule has 2 aromatic carbocycles. The minimum Gasteiger partial charge on any atom is -0.464 e. The summed E-state index contributed by atoms with van der Waals surface area (Å²) in [6.45, 7) is 3.41. The summed E-state index contributed by atoms with van der Waals surface area (Å²) in [5.41, 5.74) is 2.77. The molecular formula is C23H26ClNO6. The number of carbonyl (C=O) groups excluding carboxylic acids is 3. The molecule has 0 aliphatic rings. The highest BCUT2D eigenvalue weighted by atomic mass is 35.5. The lowest BCUT2D eigenvalue weighted by molar-refractivity contribution is -0.155. The van der Waals surface area contributed by atoms with Gasteiger partial charge in [0, 0.05) is 17.5 Å². The maximum atomic E-state index is 12.1. The van der Waals surface area contributed by atoms with E-state index < -0.39 is 30.0 Å². The summed E-state index contributed by atoms with van der Waals surface area (Å²) in [6, 6.07) is 14.3. The number of carbonyl (C=O) groups is 3. The lowest BCUT2D eigenvalue weighted by Gasteiger charge is -2.21. The predicted octanol–water partition coefficient (Wildman–Crippen LogP) is 2.91. The molecule has 2 rings (SSSR count). The fourth-order valence-electron chi connectivity index (χ4n) is 3.02. The number of hydrogen-bond acceptors (Lipinski definition) is 6. The number of aliphatic hydroxyl groups excluding tert-OH is 1. The zero-order valence-corrected chi connectivity index (χ0v) is 18.2. The molecule has 2 atom stereocenters. The summed E-state index contributed by atoms with van der Waals surface area (Å²) in [4.78, 5) is 35.6. The van der Waals surface area contributed by atoms with Crippen molar-refractivity contribution in [3.8, 4) is 11.1 Å². The van der Waals surface area contributed by atoms with Gasteiger partial charge in [-0.3, -0.25) is 4.79 Å². The van der Waals surface area contributed by atoms with Gasteiger partial charge in [0.1, 0.15) is 0 Å². The van der Waals surface area contributed by atoms with Crippen molar-refractivity contribution in [3.63, 3.8) is 0 Å². The average molecular weight is 448 g/mol. The molecule has 31 heavy (non-hydrogen) atoms. The third kappa shape index (κ3) is 7.70. The van der Waals surface area contributed by atoms with Gasteiger partial charge >= 0.3 is 17.8 Å². The van der Waals surface area contributed by atoms with Crippen LogP contribution < -0.4 is 5.32 Å². The molecule has 0 aromatic heterocycles. The zero-order chi connectivity index (χ0) is 22.8. The van der Waals surface area contributed by atoms with E-state index in [1.807, 2.05) is 42.5 Å². The van der Waals surface area contributed by atoms with Crippen LogP contribution in [-0.4, -0.2) is 48.3 Å². The van der Waals surface area contributed by atoms with Crippen molar-refractivity contribution in [1.82, 2.24) is 5.32 Å². The molecule has 0 saturated carbocycles. The van der Waals surface area contributed by atoms with Gasteiger partial charge in [-0.15, -0.1) is 0 Å². The van der Waals surface area contributed by atoms with E-state index >= 15 is 0 Å². The molecular weight excluding hydrogens is 422 g/mol. The van der Waals surface area contributed by atoms with Gasteiger partial charge in [-0.2, -0.15) is 0 Å². The van der Waals surface area contributed by atoms with E-state index in [-0.39, 0.29) is 26.1 Å². The molecule has 0 spiro atoms. The highest BCUT2D eigenvalue weighted by Crippen LogP contribution is 2.23. The Hall–Kier alpha value is -2.90. The van der Waals surface area contributed by atoms with Crippen LogP contribution in [0.15, 0.2) is 48.5 Å². The first-order valence-corrected chi connectivity index (χ1v) is 10.4. The quantitative estimate of drug-likeness (QED) is 0.452. The van der Waals surface area contributed by atoms with E-state index in [1.54, 1.807) is 19.9 Å². The Balaban J connectivity index is 2.14. The normalized spacial score (nSPS) is 12.5. The van der Waals surface area contributed by atoms with Crippen LogP contribution in [0.2, 0.25) is 5.02 Å². The van der Waals surface area contributed by atoms with E-state index in [1.165, 1.54) is 0 Å². The first kappa shape index (κ1) is 24.4. The zero-order valence-electron chi connectivity index (χ0n) is 17.5. The van der Waals surface area contributed by atoms with Gasteiger partial charge in [-0.1, -0.05) is 48.0 Å². The summed E-state index contributed by atoms with van der Waals surface area (Å²) in [5, 5.41) is 13.3. The summed E-state index contributed by atoms with van der Waals surface area (Å²) in [5.74, 6) is -2.73. The highest BCUT2D eigenvalue weighted by Gasteiger charge is 2.26. The molecule has 1 amide bonds. The van der Waals surface area contributed by atoms with E-state index in [9.17, 15) is 19.5 Å². The molecule has 0 aliphatic carbocycles. The first-order chi connectivity index (χ1) is 14.8. The second-order valence-corrected chi connectivity index (χ2v) is 7.24. The number of benzene rings is 2. The summed E-state index contributed by atoms with van der Waals surface area (Å²) in [7, 11) is 0. The van der Waals surface area contributed by atoms with Gasteiger partial charge in [-0.25, -0.2) is 9.59 Å². The topological polar surface area (TPSA) is 102 Å². The summed E-state index contributed by atoms with van der Waals surface area (Å²) in [6.07, 6.45) is -1.25. The maximum Gasteiger partial charge on any atom is 0.396 e. The average Bonchev–Trinajstić information content (AvgIpc) is 2.74. The molecule has 0 saturated heterocycles. The lowest BCUT2D eigenvalue weighted by atomic mass is 9.98. The van der Waals surface area contributed by atoms with Crippen LogP contribution in [-0.2, 0) is 30.3 Å². The minimum atomic E-state index is -1.43. The van der Waals surface area contributed by atoms with Crippen LogP contribution in [0.5, 0.6) is 0 Å². The van der Waals surface area contributed by atoms with Crippen molar-refractivity contribution in [1.29, 1.82) is 0 Å². The molecule has 0 radical (unpaired) electrons. The number of rotatable bonds is 9. The fourth-order valence-corrected chi connectivity index (χ4v) is 3.21. The molecule has 166 valence electrons. The summed E-state index contributed by atoms with van der Waals surface area (Å²) < 4.78 is 9.52. The number of halogens is 1. The van der Waals surface area contributed by atoms with Gasteiger partial charge in [0.05, 0.1) is 13.2 Å². The van der Waals surface area contributed by atoms with Gasteiger partial charge in [0.15, 0.2) is 6.10 Å². The molecule has 0 bridgehead atoms. The number of amides is 1.